The molecular formula is C35H41N7O2. The van der Waals surface area contributed by atoms with Crippen LogP contribution in [0.3, 0.4) is 0 Å². The van der Waals surface area contributed by atoms with Gasteiger partial charge >= 0.3 is 0 Å². The maximum atomic E-state index is 11.7. The summed E-state index contributed by atoms with van der Waals surface area (Å²) in [5.41, 5.74) is 11.6. The summed E-state index contributed by atoms with van der Waals surface area (Å²) in [7, 11) is 1.82. The Bertz CT molecular complexity index is 1760. The highest BCUT2D eigenvalue weighted by Crippen LogP contribution is 2.31. The predicted molar refractivity (Wildman–Crippen MR) is 179 cm³/mol. The van der Waals surface area contributed by atoms with Crippen molar-refractivity contribution in [3.8, 4) is 11.3 Å². The lowest BCUT2D eigenvalue weighted by Gasteiger charge is -2.19. The summed E-state index contributed by atoms with van der Waals surface area (Å²) >= 11 is 0. The molecule has 0 saturated heterocycles. The zero-order chi connectivity index (χ0) is 31.1. The van der Waals surface area contributed by atoms with E-state index < -0.39 is 0 Å². The van der Waals surface area contributed by atoms with Gasteiger partial charge in [0.25, 0.3) is 0 Å². The molecule has 2 aromatic carbocycles. The number of aromatic nitrogens is 4. The number of carbonyl (C=O) groups excluding carboxylic acids is 1. The van der Waals surface area contributed by atoms with Crippen LogP contribution in [0.5, 0.6) is 0 Å². The first-order valence-electron chi connectivity index (χ1n) is 15.2. The van der Waals surface area contributed by atoms with Crippen LogP contribution in [0.1, 0.15) is 63.0 Å². The van der Waals surface area contributed by atoms with Gasteiger partial charge in [0, 0.05) is 48.1 Å². The van der Waals surface area contributed by atoms with Crippen molar-refractivity contribution in [3.05, 3.63) is 90.8 Å². The standard InChI is InChI=1S/C28H27N7O.C7H14O/c1-4-26(36)33-20-9-10-22-18(13-20)11-12-30-27(22)21-8-6-5-7-19(21)15-31-25-14-24(29)34-28-23(17(2)3)16-32-35(25)28;1-8-7-5-3-2-4-6-7/h4-14,16-17,31H,1,15H2,2-3H3,(H2,29,34)(H,33,36);7H,2-6H2,1H3. The van der Waals surface area contributed by atoms with Crippen LogP contribution in [0, 0.1) is 0 Å². The van der Waals surface area contributed by atoms with Crippen molar-refractivity contribution in [3.63, 3.8) is 0 Å². The summed E-state index contributed by atoms with van der Waals surface area (Å²) in [6, 6.07) is 17.7. The molecule has 0 bridgehead atoms. The van der Waals surface area contributed by atoms with Gasteiger partial charge in [-0.25, -0.2) is 4.98 Å². The molecule has 0 aliphatic heterocycles. The molecule has 1 fully saturated rings. The summed E-state index contributed by atoms with van der Waals surface area (Å²) in [5, 5.41) is 12.8. The summed E-state index contributed by atoms with van der Waals surface area (Å²) in [6.45, 7) is 8.27. The summed E-state index contributed by atoms with van der Waals surface area (Å²) in [4.78, 5) is 20.9. The minimum absolute atomic E-state index is 0.247. The summed E-state index contributed by atoms with van der Waals surface area (Å²) in [6.07, 6.45) is 12.2. The van der Waals surface area contributed by atoms with Crippen molar-refractivity contribution < 1.29 is 9.53 Å². The molecule has 0 spiro atoms. The fourth-order valence-corrected chi connectivity index (χ4v) is 5.59. The molecule has 1 saturated carbocycles. The van der Waals surface area contributed by atoms with Crippen molar-refractivity contribution in [2.24, 2.45) is 0 Å². The lowest BCUT2D eigenvalue weighted by atomic mass is 9.98. The van der Waals surface area contributed by atoms with Gasteiger partial charge in [-0.3, -0.25) is 9.78 Å². The number of hydrogen-bond acceptors (Lipinski definition) is 7. The van der Waals surface area contributed by atoms with E-state index in [4.69, 9.17) is 15.5 Å². The van der Waals surface area contributed by atoms with Crippen molar-refractivity contribution >= 4 is 39.6 Å². The normalized spacial score (nSPS) is 13.5. The Kier molecular flexibility index (Phi) is 9.86. The molecule has 6 rings (SSSR count). The number of carbonyl (C=O) groups is 1. The first kappa shape index (κ1) is 30.7. The molecule has 0 atom stereocenters. The van der Waals surface area contributed by atoms with Crippen LogP contribution >= 0.6 is 0 Å². The first-order valence-corrected chi connectivity index (χ1v) is 15.2. The van der Waals surface area contributed by atoms with E-state index in [0.717, 1.165) is 44.6 Å². The van der Waals surface area contributed by atoms with E-state index in [1.165, 1.54) is 38.2 Å². The van der Waals surface area contributed by atoms with Crippen molar-refractivity contribution in [1.29, 1.82) is 0 Å². The van der Waals surface area contributed by atoms with Gasteiger partial charge in [0.2, 0.25) is 5.91 Å². The van der Waals surface area contributed by atoms with E-state index in [0.29, 0.717) is 24.2 Å². The number of pyridine rings is 1. The lowest BCUT2D eigenvalue weighted by molar-refractivity contribution is -0.111. The van der Waals surface area contributed by atoms with Gasteiger partial charge in [-0.1, -0.05) is 70.0 Å². The second kappa shape index (κ2) is 14.1. The van der Waals surface area contributed by atoms with Gasteiger partial charge < -0.3 is 21.1 Å². The number of benzene rings is 2. The predicted octanol–water partition coefficient (Wildman–Crippen LogP) is 7.35. The average Bonchev–Trinajstić information content (AvgIpc) is 3.48. The molecule has 3 aromatic heterocycles. The molecule has 0 unspecified atom stereocenters. The van der Waals surface area contributed by atoms with E-state index in [2.05, 4.69) is 53.3 Å². The van der Waals surface area contributed by atoms with Gasteiger partial charge in [-0.05, 0) is 54.0 Å². The zero-order valence-electron chi connectivity index (χ0n) is 25.7. The monoisotopic (exact) mass is 591 g/mol. The van der Waals surface area contributed by atoms with Gasteiger partial charge in [0.05, 0.1) is 18.0 Å². The lowest BCUT2D eigenvalue weighted by Crippen LogP contribution is -2.13. The second-order valence-electron chi connectivity index (χ2n) is 11.4. The Morgan fingerprint density at radius 1 is 1.14 bits per heavy atom. The van der Waals surface area contributed by atoms with Crippen molar-refractivity contribution in [2.75, 3.05) is 23.5 Å². The van der Waals surface area contributed by atoms with Crippen LogP contribution < -0.4 is 16.4 Å². The topological polar surface area (TPSA) is 119 Å². The van der Waals surface area contributed by atoms with Gasteiger partial charge in [0.1, 0.15) is 11.6 Å². The Hall–Kier alpha value is -4.76. The Balaban J connectivity index is 0.000000418. The number of nitrogens with two attached hydrogens (primary N) is 1. The van der Waals surface area contributed by atoms with Crippen molar-refractivity contribution in [2.45, 2.75) is 64.5 Å². The number of methoxy groups -OCH3 is 1. The minimum atomic E-state index is -0.247. The summed E-state index contributed by atoms with van der Waals surface area (Å²) in [5.74, 6) is 1.25. The van der Waals surface area contributed by atoms with Crippen molar-refractivity contribution in [1.82, 2.24) is 19.6 Å². The third-order valence-electron chi connectivity index (χ3n) is 7.98. The van der Waals surface area contributed by atoms with Crippen LogP contribution in [-0.2, 0) is 16.1 Å². The number of fused-ring (bicyclic) bond motifs is 2. The van der Waals surface area contributed by atoms with E-state index in [1.54, 1.807) is 16.8 Å². The summed E-state index contributed by atoms with van der Waals surface area (Å²) < 4.78 is 6.99. The molecule has 1 aliphatic rings. The maximum absolute atomic E-state index is 11.7. The number of amides is 1. The Morgan fingerprint density at radius 2 is 1.93 bits per heavy atom. The molecule has 3 heterocycles. The molecule has 9 heteroatoms. The van der Waals surface area contributed by atoms with Crippen LogP contribution in [0.2, 0.25) is 0 Å². The van der Waals surface area contributed by atoms with Crippen LogP contribution in [-0.4, -0.2) is 38.7 Å². The highest BCUT2D eigenvalue weighted by Gasteiger charge is 2.15. The number of nitrogens with one attached hydrogen (secondary N) is 2. The largest absolute Gasteiger partial charge is 0.384 e. The first-order chi connectivity index (χ1) is 21.4. The Morgan fingerprint density at radius 3 is 2.66 bits per heavy atom. The number of hydrogen-bond donors (Lipinski definition) is 3. The van der Waals surface area contributed by atoms with Crippen LogP contribution in [0.15, 0.2) is 79.6 Å². The maximum Gasteiger partial charge on any atom is 0.247 e. The number of nitrogens with zero attached hydrogens (tertiary/aromatic N) is 4. The molecule has 5 aromatic rings. The van der Waals surface area contributed by atoms with Gasteiger partial charge in [0.15, 0.2) is 5.65 Å². The van der Waals surface area contributed by atoms with E-state index in [-0.39, 0.29) is 11.8 Å². The van der Waals surface area contributed by atoms with E-state index >= 15 is 0 Å². The highest BCUT2D eigenvalue weighted by molar-refractivity contribution is 6.02. The number of anilines is 3. The minimum Gasteiger partial charge on any atom is -0.384 e. The highest BCUT2D eigenvalue weighted by atomic mass is 16.5. The number of ether oxygens (including phenoxy) is 1. The SMILES string of the molecule is C=CC(=O)Nc1ccc2c(-c3ccccc3CNc3cc(N)nc4c(C(C)C)cnn34)nccc2c1.COC1CCCCC1. The van der Waals surface area contributed by atoms with Gasteiger partial charge in [-0.15, -0.1) is 0 Å². The van der Waals surface area contributed by atoms with Crippen LogP contribution in [0.25, 0.3) is 27.7 Å². The second-order valence-corrected chi connectivity index (χ2v) is 11.4. The van der Waals surface area contributed by atoms with E-state index in [1.807, 2.05) is 49.7 Å². The quantitative estimate of drug-likeness (QED) is 0.161. The molecule has 9 nitrogen and oxygen atoms in total. The van der Waals surface area contributed by atoms with Gasteiger partial charge in [-0.2, -0.15) is 9.61 Å². The van der Waals surface area contributed by atoms with E-state index in [9.17, 15) is 4.79 Å². The molecule has 44 heavy (non-hydrogen) atoms. The average molecular weight is 592 g/mol. The molecule has 0 radical (unpaired) electrons. The third-order valence-corrected chi connectivity index (χ3v) is 7.98. The number of nitrogen functional groups attached to an aromatic ring is 1. The number of rotatable bonds is 8. The molecule has 1 amide bonds. The van der Waals surface area contributed by atoms with Crippen LogP contribution in [0.4, 0.5) is 17.3 Å². The Labute approximate surface area is 258 Å². The fraction of sp³-hybridized carbons (Fsp3) is 0.314. The third kappa shape index (κ3) is 7.06. The molecular weight excluding hydrogens is 550 g/mol. The molecule has 1 aliphatic carbocycles. The smallest absolute Gasteiger partial charge is 0.247 e. The fourth-order valence-electron chi connectivity index (χ4n) is 5.59. The molecule has 228 valence electrons. The molecule has 4 N–H and O–H groups in total. The zero-order valence-corrected chi connectivity index (χ0v) is 25.7.